The summed E-state index contributed by atoms with van der Waals surface area (Å²) >= 11 is 5.70. The van der Waals surface area contributed by atoms with Crippen molar-refractivity contribution in [2.45, 2.75) is 65.7 Å². The van der Waals surface area contributed by atoms with Crippen LogP contribution in [0.1, 0.15) is 67.8 Å². The maximum absolute atomic E-state index is 15.4. The Hall–Kier alpha value is -4.35. The van der Waals surface area contributed by atoms with Crippen molar-refractivity contribution in [3.8, 4) is 21.1 Å². The number of fused-ring (bicyclic) bond motifs is 4. The maximum atomic E-state index is 15.4. The van der Waals surface area contributed by atoms with Crippen LogP contribution in [0.4, 0.5) is 23.6 Å². The van der Waals surface area contributed by atoms with Crippen molar-refractivity contribution in [1.82, 2.24) is 20.2 Å². The molecule has 0 aliphatic carbocycles. The molecule has 0 saturated heterocycles. The first-order chi connectivity index (χ1) is 25.3. The molecule has 8 rings (SSSR count). The second-order valence-electron chi connectivity index (χ2n) is 13.5. The van der Waals surface area contributed by atoms with E-state index in [1.54, 1.807) is 20.8 Å². The molecule has 2 aliphatic heterocycles. The maximum Gasteiger partial charge on any atom is 0.410 e. The van der Waals surface area contributed by atoms with Crippen molar-refractivity contribution < 1.29 is 27.9 Å². The number of alkyl halides is 2. The average molecular weight is 795 g/mol. The van der Waals surface area contributed by atoms with Gasteiger partial charge in [-0.15, -0.1) is 45.3 Å². The highest BCUT2D eigenvalue weighted by atomic mass is 32.1. The fraction of sp³-hybridized carbons (Fsp3) is 0.324. The number of carbonyl (C=O) groups is 3. The van der Waals surface area contributed by atoms with Gasteiger partial charge in [-0.1, -0.05) is 24.3 Å². The van der Waals surface area contributed by atoms with Gasteiger partial charge in [0.1, 0.15) is 38.0 Å². The van der Waals surface area contributed by atoms with E-state index in [4.69, 9.17) is 4.74 Å². The molecular weight excluding hydrogens is 759 g/mol. The third-order valence-corrected chi connectivity index (χ3v) is 12.6. The van der Waals surface area contributed by atoms with Crippen molar-refractivity contribution in [2.75, 3.05) is 23.7 Å². The van der Waals surface area contributed by atoms with Crippen LogP contribution in [-0.2, 0) is 27.4 Å². The molecule has 3 amide bonds. The van der Waals surface area contributed by atoms with E-state index in [1.165, 1.54) is 64.1 Å². The fourth-order valence-corrected chi connectivity index (χ4v) is 10.9. The number of anilines is 2. The summed E-state index contributed by atoms with van der Waals surface area (Å²) < 4.78 is 37.4. The number of ether oxygens (including phenoxy) is 1. The number of para-hydroxylation sites is 2. The van der Waals surface area contributed by atoms with E-state index >= 15 is 4.39 Å². The summed E-state index contributed by atoms with van der Waals surface area (Å²) in [7, 11) is 0. The van der Waals surface area contributed by atoms with E-state index < -0.39 is 24.0 Å². The fourth-order valence-electron chi connectivity index (χ4n) is 6.17. The van der Waals surface area contributed by atoms with Gasteiger partial charge >= 0.3 is 6.09 Å². The monoisotopic (exact) mass is 794 g/mol. The number of hydrogen-bond donors (Lipinski definition) is 3. The van der Waals surface area contributed by atoms with Crippen LogP contribution in [0.3, 0.4) is 0 Å². The minimum Gasteiger partial charge on any atom is -0.444 e. The van der Waals surface area contributed by atoms with E-state index in [9.17, 15) is 18.8 Å². The van der Waals surface area contributed by atoms with Gasteiger partial charge < -0.3 is 20.7 Å². The molecule has 2 aliphatic rings. The molecule has 2 aromatic carbocycles. The molecule has 6 heterocycles. The Bertz CT molecular complexity index is 2290. The Morgan fingerprint density at radius 1 is 0.792 bits per heavy atom. The molecule has 0 spiro atoms. The topological polar surface area (TPSA) is 126 Å². The van der Waals surface area contributed by atoms with Crippen molar-refractivity contribution >= 4 is 93.7 Å². The number of amides is 3. The molecule has 53 heavy (non-hydrogen) atoms. The minimum absolute atomic E-state index is 0.101. The van der Waals surface area contributed by atoms with Gasteiger partial charge in [0, 0.05) is 47.8 Å². The number of hydrogen-bond acceptors (Lipinski definition) is 11. The van der Waals surface area contributed by atoms with Gasteiger partial charge in [-0.05, 0) is 45.0 Å². The molecule has 0 saturated carbocycles. The van der Waals surface area contributed by atoms with E-state index in [1.807, 2.05) is 48.5 Å². The van der Waals surface area contributed by atoms with Crippen molar-refractivity contribution in [3.63, 3.8) is 0 Å². The van der Waals surface area contributed by atoms with Crippen LogP contribution in [0, 0.1) is 0 Å². The second-order valence-corrected chi connectivity index (χ2v) is 17.8. The van der Waals surface area contributed by atoms with Gasteiger partial charge in [0.25, 0.3) is 0 Å². The molecule has 0 bridgehead atoms. The zero-order valence-electron chi connectivity index (χ0n) is 29.5. The molecule has 6 aromatic rings. The molecule has 2 atom stereocenters. The number of nitrogens with one attached hydrogen (secondary N) is 3. The zero-order chi connectivity index (χ0) is 37.6. The number of rotatable bonds is 4. The number of thiazole rings is 2. The first kappa shape index (κ1) is 37.0. The quantitative estimate of drug-likeness (QED) is 0.162. The van der Waals surface area contributed by atoms with Crippen LogP contribution in [-0.4, -0.2) is 51.5 Å². The molecule has 16 heteroatoms. The predicted molar refractivity (Wildman–Crippen MR) is 211 cm³/mol. The first-order valence-electron chi connectivity index (χ1n) is 16.8. The SMILES string of the molecule is CC(=O)Nc1sc2c(c1-c1nc3ccccc3s1)C(F)CN(C(=O)OC(C)(C)C)C2.CC(=O)Nc1sc2c(c1-c1nc3ccccc3s1)C(F)CNC2. The summed E-state index contributed by atoms with van der Waals surface area (Å²) in [5.41, 5.74) is 3.60. The van der Waals surface area contributed by atoms with Crippen molar-refractivity contribution in [1.29, 1.82) is 0 Å². The molecule has 10 nitrogen and oxygen atoms in total. The van der Waals surface area contributed by atoms with Crippen LogP contribution in [0.25, 0.3) is 41.6 Å². The number of benzene rings is 2. The van der Waals surface area contributed by atoms with Crippen molar-refractivity contribution in [2.24, 2.45) is 0 Å². The van der Waals surface area contributed by atoms with E-state index in [2.05, 4.69) is 25.9 Å². The Morgan fingerprint density at radius 2 is 1.30 bits per heavy atom. The molecule has 276 valence electrons. The van der Waals surface area contributed by atoms with E-state index in [-0.39, 0.29) is 24.9 Å². The lowest BCUT2D eigenvalue weighted by Crippen LogP contribution is -2.40. The van der Waals surface area contributed by atoms with Crippen LogP contribution in [0.15, 0.2) is 48.5 Å². The van der Waals surface area contributed by atoms with Gasteiger partial charge in [-0.25, -0.2) is 23.5 Å². The molecule has 2 unspecified atom stereocenters. The lowest BCUT2D eigenvalue weighted by atomic mass is 10.0. The Kier molecular flexibility index (Phi) is 10.3. The molecule has 0 radical (unpaired) electrons. The molecule has 3 N–H and O–H groups in total. The number of halogens is 2. The summed E-state index contributed by atoms with van der Waals surface area (Å²) in [6.45, 7) is 9.25. The lowest BCUT2D eigenvalue weighted by molar-refractivity contribution is -0.115. The highest BCUT2D eigenvalue weighted by Crippen LogP contribution is 2.50. The smallest absolute Gasteiger partial charge is 0.410 e. The Labute approximate surface area is 320 Å². The Balaban J connectivity index is 0.000000170. The van der Waals surface area contributed by atoms with E-state index in [0.29, 0.717) is 49.7 Å². The van der Waals surface area contributed by atoms with Crippen LogP contribution >= 0.6 is 45.3 Å². The lowest BCUT2D eigenvalue weighted by Gasteiger charge is -2.31. The van der Waals surface area contributed by atoms with Gasteiger partial charge in [0.05, 0.1) is 44.6 Å². The van der Waals surface area contributed by atoms with E-state index in [0.717, 1.165) is 35.9 Å². The summed E-state index contributed by atoms with van der Waals surface area (Å²) in [4.78, 5) is 48.1. The third-order valence-electron chi connectivity index (χ3n) is 8.24. The Morgan fingerprint density at radius 3 is 1.81 bits per heavy atom. The van der Waals surface area contributed by atoms with Crippen LogP contribution < -0.4 is 16.0 Å². The highest BCUT2D eigenvalue weighted by molar-refractivity contribution is 7.23. The van der Waals surface area contributed by atoms with Gasteiger partial charge in [0.15, 0.2) is 0 Å². The largest absolute Gasteiger partial charge is 0.444 e. The van der Waals surface area contributed by atoms with Crippen molar-refractivity contribution in [3.05, 3.63) is 69.4 Å². The number of aromatic nitrogens is 2. The van der Waals surface area contributed by atoms with Crippen LogP contribution in [0.5, 0.6) is 0 Å². The summed E-state index contributed by atoms with van der Waals surface area (Å²) in [5, 5.41) is 11.4. The molecular formula is C37H36F2N6O4S4. The minimum atomic E-state index is -1.40. The summed E-state index contributed by atoms with van der Waals surface area (Å²) in [6, 6.07) is 15.5. The highest BCUT2D eigenvalue weighted by Gasteiger charge is 2.37. The molecule has 0 fully saturated rings. The zero-order valence-corrected chi connectivity index (χ0v) is 32.7. The standard InChI is InChI=1S/C21H22FN3O3S2.C16H14FN3OS2/c1-11(26)23-18-17(19-24-13-7-5-6-8-14(13)29-19)16-12(22)9-25(10-15(16)30-18)20(27)28-21(2,3)4;1-8(21)19-15-14(13-9(17)6-18-7-12(13)23-15)16-20-10-4-2-3-5-11(10)22-16/h5-8,12H,9-10H2,1-4H3,(H,23,26);2-5,9,18H,6-7H2,1H3,(H,19,21). The van der Waals surface area contributed by atoms with Gasteiger partial charge in [0.2, 0.25) is 11.8 Å². The van der Waals surface area contributed by atoms with Crippen LogP contribution in [0.2, 0.25) is 0 Å². The second kappa shape index (κ2) is 14.8. The first-order valence-corrected chi connectivity index (χ1v) is 20.1. The number of nitrogens with zero attached hydrogens (tertiary/aromatic N) is 3. The van der Waals surface area contributed by atoms with Gasteiger partial charge in [-0.2, -0.15) is 0 Å². The third kappa shape index (κ3) is 7.82. The average Bonchev–Trinajstić information content (AvgIpc) is 3.85. The normalized spacial score (nSPS) is 16.8. The number of thiophene rings is 2. The van der Waals surface area contributed by atoms with Gasteiger partial charge in [-0.3, -0.25) is 14.5 Å². The number of carbonyl (C=O) groups excluding carboxylic acids is 3. The summed E-state index contributed by atoms with van der Waals surface area (Å²) in [6.07, 6.45) is -3.03. The molecule has 4 aromatic heterocycles. The summed E-state index contributed by atoms with van der Waals surface area (Å²) in [5.74, 6) is -0.398. The predicted octanol–water partition coefficient (Wildman–Crippen LogP) is 9.84.